The summed E-state index contributed by atoms with van der Waals surface area (Å²) in [6.45, 7) is 0. The Hall–Kier alpha value is -3.23. The van der Waals surface area contributed by atoms with Crippen LogP contribution < -0.4 is 10.2 Å². The van der Waals surface area contributed by atoms with Crippen LogP contribution in [0.15, 0.2) is 54.4 Å². The molecule has 1 saturated carbocycles. The number of aromatic nitrogens is 1. The fourth-order valence-corrected chi connectivity index (χ4v) is 3.51. The Kier molecular flexibility index (Phi) is 3.31. The summed E-state index contributed by atoms with van der Waals surface area (Å²) < 4.78 is 0.204. The molecule has 1 aliphatic carbocycles. The van der Waals surface area contributed by atoms with Crippen molar-refractivity contribution in [3.8, 4) is 12.3 Å². The third kappa shape index (κ3) is 2.19. The lowest BCUT2D eigenvalue weighted by Crippen LogP contribution is -2.47. The van der Waals surface area contributed by atoms with E-state index in [0.717, 1.165) is 24.1 Å². The first-order chi connectivity index (χ1) is 12.1. The highest BCUT2D eigenvalue weighted by molar-refractivity contribution is 6.28. The molecule has 0 saturated heterocycles. The second-order valence-corrected chi connectivity index (χ2v) is 6.31. The van der Waals surface area contributed by atoms with Crippen molar-refractivity contribution >= 4 is 23.2 Å². The predicted molar refractivity (Wildman–Crippen MR) is 94.7 cm³/mol. The van der Waals surface area contributed by atoms with Gasteiger partial charge in [-0.1, -0.05) is 12.0 Å². The molecule has 5 nitrogen and oxygen atoms in total. The highest BCUT2D eigenvalue weighted by Crippen LogP contribution is 2.49. The number of pyridine rings is 1. The highest BCUT2D eigenvalue weighted by atomic mass is 16.2. The molecular weight excluding hydrogens is 314 g/mol. The number of amides is 1. The number of terminal acetylenes is 1. The molecule has 5 heteroatoms. The Morgan fingerprint density at radius 2 is 2.08 bits per heavy atom. The van der Waals surface area contributed by atoms with Gasteiger partial charge in [-0.25, -0.2) is 9.47 Å². The lowest BCUT2D eigenvalue weighted by Gasteiger charge is -2.37. The van der Waals surface area contributed by atoms with Crippen LogP contribution in [0.2, 0.25) is 0 Å². The minimum absolute atomic E-state index is 0.00138. The maximum atomic E-state index is 12.7. The van der Waals surface area contributed by atoms with E-state index in [2.05, 4.69) is 10.9 Å². The zero-order chi connectivity index (χ0) is 17.6. The van der Waals surface area contributed by atoms with E-state index in [1.807, 2.05) is 24.3 Å². The van der Waals surface area contributed by atoms with Crippen LogP contribution in [0, 0.1) is 12.3 Å². The average Bonchev–Trinajstić information content (AvgIpc) is 3.48. The maximum Gasteiger partial charge on any atom is 0.258 e. The molecule has 2 aliphatic rings. The molecule has 4 rings (SSSR count). The van der Waals surface area contributed by atoms with Gasteiger partial charge in [-0.15, -0.1) is 6.42 Å². The minimum Gasteiger partial charge on any atom is -0.365 e. The van der Waals surface area contributed by atoms with Gasteiger partial charge in [0.05, 0.1) is 0 Å². The number of ketones is 1. The van der Waals surface area contributed by atoms with Crippen molar-refractivity contribution in [2.24, 2.45) is 5.73 Å². The van der Waals surface area contributed by atoms with Crippen LogP contribution in [-0.4, -0.2) is 22.7 Å². The molecule has 1 aliphatic heterocycles. The van der Waals surface area contributed by atoms with Gasteiger partial charge in [-0.3, -0.25) is 9.59 Å². The second kappa shape index (κ2) is 5.40. The lowest BCUT2D eigenvalue weighted by molar-refractivity contribution is -0.114. The quantitative estimate of drug-likeness (QED) is 0.534. The topological polar surface area (TPSA) is 73.1 Å². The van der Waals surface area contributed by atoms with Gasteiger partial charge in [0, 0.05) is 36.7 Å². The number of fused-ring (bicyclic) bond motifs is 1. The Morgan fingerprint density at radius 1 is 1.28 bits per heavy atom. The molecule has 2 N–H and O–H groups in total. The van der Waals surface area contributed by atoms with Crippen molar-refractivity contribution in [2.75, 3.05) is 0 Å². The van der Waals surface area contributed by atoms with E-state index in [0.29, 0.717) is 11.4 Å². The number of rotatable bonds is 3. The molecule has 0 radical (unpaired) electrons. The molecule has 1 amide bonds. The van der Waals surface area contributed by atoms with Crippen LogP contribution in [0.4, 0.5) is 11.5 Å². The van der Waals surface area contributed by atoms with Crippen molar-refractivity contribution < 1.29 is 9.59 Å². The molecular formula is C20H16N3O2+. The van der Waals surface area contributed by atoms with E-state index in [1.165, 1.54) is 0 Å². The molecule has 1 aromatic carbocycles. The number of nitrogens with two attached hydrogens (primary N) is 1. The van der Waals surface area contributed by atoms with Crippen molar-refractivity contribution in [1.82, 2.24) is 9.47 Å². The molecule has 25 heavy (non-hydrogen) atoms. The number of carbonyl (C=O) groups excluding carboxylic acids is 2. The third-order valence-electron chi connectivity index (χ3n) is 4.79. The van der Waals surface area contributed by atoms with Crippen molar-refractivity contribution in [3.05, 3.63) is 65.5 Å². The molecule has 1 atom stereocenters. The Morgan fingerprint density at radius 3 is 2.76 bits per heavy atom. The van der Waals surface area contributed by atoms with Gasteiger partial charge in [-0.05, 0) is 18.2 Å². The lowest BCUT2D eigenvalue weighted by atomic mass is 9.97. The molecule has 0 spiro atoms. The summed E-state index contributed by atoms with van der Waals surface area (Å²) in [5.41, 5.74) is 7.53. The Bertz CT molecular complexity index is 982. The zero-order valence-corrected chi connectivity index (χ0v) is 13.5. The first kappa shape index (κ1) is 15.3. The largest absolute Gasteiger partial charge is 0.365 e. The second-order valence-electron chi connectivity index (χ2n) is 6.31. The number of benzene rings is 1. The normalized spacial score (nSPS) is 21.9. The maximum absolute atomic E-state index is 12.7. The van der Waals surface area contributed by atoms with Crippen LogP contribution in [0.25, 0.3) is 0 Å². The number of carbonyl (C=O) groups is 2. The van der Waals surface area contributed by atoms with Crippen molar-refractivity contribution in [2.45, 2.75) is 18.9 Å². The Labute approximate surface area is 145 Å². The summed E-state index contributed by atoms with van der Waals surface area (Å²) in [7, 11) is 0. The number of quaternary nitrogens is 1. The van der Waals surface area contributed by atoms with Crippen LogP contribution in [-0.2, 0) is 4.79 Å². The number of nitrogens with zero attached hydrogens (tertiary/aromatic N) is 2. The van der Waals surface area contributed by atoms with E-state index in [9.17, 15) is 9.59 Å². The van der Waals surface area contributed by atoms with Gasteiger partial charge in [-0.2, -0.15) is 0 Å². The zero-order valence-electron chi connectivity index (χ0n) is 13.5. The fraction of sp³-hybridized carbons (Fsp3) is 0.150. The Balaban J connectivity index is 2.07. The number of hydrogen-bond acceptors (Lipinski definition) is 3. The monoisotopic (exact) mass is 330 g/mol. The molecule has 2 heterocycles. The van der Waals surface area contributed by atoms with Crippen molar-refractivity contribution in [1.29, 1.82) is 0 Å². The van der Waals surface area contributed by atoms with Crippen LogP contribution in [0.3, 0.4) is 0 Å². The summed E-state index contributed by atoms with van der Waals surface area (Å²) in [5, 5.41) is 0. The molecule has 1 unspecified atom stereocenters. The molecule has 1 aromatic heterocycles. The molecule has 0 bridgehead atoms. The van der Waals surface area contributed by atoms with E-state index in [4.69, 9.17) is 12.2 Å². The molecule has 1 fully saturated rings. The molecule has 122 valence electrons. The summed E-state index contributed by atoms with van der Waals surface area (Å²) >= 11 is 0. The first-order valence-electron chi connectivity index (χ1n) is 8.06. The van der Waals surface area contributed by atoms with Gasteiger partial charge in [0.15, 0.2) is 0 Å². The first-order valence-corrected chi connectivity index (χ1v) is 8.06. The highest BCUT2D eigenvalue weighted by Gasteiger charge is 2.53. The van der Waals surface area contributed by atoms with E-state index in [-0.39, 0.29) is 21.9 Å². The van der Waals surface area contributed by atoms with Gasteiger partial charge < -0.3 is 5.73 Å². The van der Waals surface area contributed by atoms with Crippen molar-refractivity contribution in [3.63, 3.8) is 0 Å². The van der Waals surface area contributed by atoms with Gasteiger partial charge in [0.1, 0.15) is 29.1 Å². The van der Waals surface area contributed by atoms with Crippen LogP contribution >= 0.6 is 0 Å². The van der Waals surface area contributed by atoms with Gasteiger partial charge in [0.25, 0.3) is 5.91 Å². The SMILES string of the molecule is C#Cc1cccc([N+]2(C3CC3)C=C(C(N)=O)C(=O)c3cccnc32)c1. The molecule has 2 aromatic rings. The standard InChI is InChI=1S/C20H15N3O2/c1-2-13-5-3-6-15(11-13)23(14-8-9-14)12-17(19(21)25)18(24)16-7-4-10-22-20(16)23/h1,3-7,10-12,14H,8-9H2,(H-,21,25)/p+1. The summed E-state index contributed by atoms with van der Waals surface area (Å²) in [4.78, 5) is 29.1. The predicted octanol–water partition coefficient (Wildman–Crippen LogP) is 2.43. The van der Waals surface area contributed by atoms with Crippen LogP contribution in [0.5, 0.6) is 0 Å². The fourth-order valence-electron chi connectivity index (χ4n) is 3.51. The third-order valence-corrected chi connectivity index (χ3v) is 4.79. The number of primary amides is 1. The minimum atomic E-state index is -0.726. The van der Waals surface area contributed by atoms with E-state index in [1.54, 1.807) is 24.5 Å². The van der Waals surface area contributed by atoms with E-state index < -0.39 is 5.91 Å². The van der Waals surface area contributed by atoms with Crippen LogP contribution in [0.1, 0.15) is 28.8 Å². The number of hydrogen-bond donors (Lipinski definition) is 1. The summed E-state index contributed by atoms with van der Waals surface area (Å²) in [5.74, 6) is 2.16. The average molecular weight is 330 g/mol. The van der Waals surface area contributed by atoms with Gasteiger partial charge in [0.2, 0.25) is 11.6 Å². The smallest absolute Gasteiger partial charge is 0.258 e. The summed E-state index contributed by atoms with van der Waals surface area (Å²) in [6, 6.07) is 11.2. The van der Waals surface area contributed by atoms with E-state index >= 15 is 0 Å². The van der Waals surface area contributed by atoms with Gasteiger partial charge >= 0.3 is 0 Å². The summed E-state index contributed by atoms with van der Waals surface area (Å²) in [6.07, 6.45) is 10.8. The number of Topliss-reactive ketones (excluding diaryl/α,β-unsaturated/α-hetero) is 1.